The number of hydrogen-bond donors (Lipinski definition) is 0. The molecule has 2 aliphatic heterocycles. The molecule has 0 aliphatic carbocycles. The number of nitrogens with zero attached hydrogens (tertiary/aromatic N) is 1. The zero-order valence-corrected chi connectivity index (χ0v) is 7.70. The van der Waals surface area contributed by atoms with Gasteiger partial charge in [-0.1, -0.05) is 0 Å². The normalized spacial score (nSPS) is 29.2. The summed E-state index contributed by atoms with van der Waals surface area (Å²) in [6.07, 6.45) is 1.73. The van der Waals surface area contributed by atoms with Gasteiger partial charge in [-0.3, -0.25) is 4.79 Å². The Kier molecular flexibility index (Phi) is 2.80. The van der Waals surface area contributed by atoms with E-state index in [0.29, 0.717) is 13.2 Å². The van der Waals surface area contributed by atoms with Crippen molar-refractivity contribution in [3.8, 4) is 0 Å². The first-order valence-corrected chi connectivity index (χ1v) is 4.86. The lowest BCUT2D eigenvalue weighted by Gasteiger charge is -2.28. The standard InChI is InChI=1S/C9H15NO3/c11-9(8-2-1-5-13-8)10-3-6-12-7-4-10/h8H,1-7H2. The van der Waals surface area contributed by atoms with Crippen LogP contribution < -0.4 is 0 Å². The Balaban J connectivity index is 1.87. The van der Waals surface area contributed by atoms with Gasteiger partial charge in [0.05, 0.1) is 13.2 Å². The third kappa shape index (κ3) is 2.00. The van der Waals surface area contributed by atoms with E-state index in [1.54, 1.807) is 0 Å². The summed E-state index contributed by atoms with van der Waals surface area (Å²) in [4.78, 5) is 13.6. The molecule has 2 heterocycles. The van der Waals surface area contributed by atoms with Crippen LogP contribution in [0.2, 0.25) is 0 Å². The van der Waals surface area contributed by atoms with Crippen LogP contribution in [0.3, 0.4) is 0 Å². The maximum atomic E-state index is 11.7. The summed E-state index contributed by atoms with van der Waals surface area (Å²) in [6, 6.07) is 0. The van der Waals surface area contributed by atoms with E-state index in [-0.39, 0.29) is 12.0 Å². The molecule has 1 atom stereocenters. The Hall–Kier alpha value is -0.610. The maximum Gasteiger partial charge on any atom is 0.251 e. The van der Waals surface area contributed by atoms with Crippen molar-refractivity contribution in [3.05, 3.63) is 0 Å². The number of ether oxygens (including phenoxy) is 2. The lowest BCUT2D eigenvalue weighted by molar-refractivity contribution is -0.144. The Labute approximate surface area is 77.8 Å². The van der Waals surface area contributed by atoms with E-state index in [1.165, 1.54) is 0 Å². The van der Waals surface area contributed by atoms with Crippen LogP contribution in [0.25, 0.3) is 0 Å². The minimum absolute atomic E-state index is 0.154. The first-order valence-electron chi connectivity index (χ1n) is 4.86. The van der Waals surface area contributed by atoms with Gasteiger partial charge in [-0.05, 0) is 12.8 Å². The average Bonchev–Trinajstić information content (AvgIpc) is 2.71. The first-order chi connectivity index (χ1) is 6.38. The number of morpholine rings is 1. The van der Waals surface area contributed by atoms with Crippen molar-refractivity contribution in [2.24, 2.45) is 0 Å². The fraction of sp³-hybridized carbons (Fsp3) is 0.889. The van der Waals surface area contributed by atoms with Crippen molar-refractivity contribution in [1.82, 2.24) is 4.90 Å². The van der Waals surface area contributed by atoms with Crippen LogP contribution in [0.5, 0.6) is 0 Å². The number of carbonyl (C=O) groups excluding carboxylic acids is 1. The van der Waals surface area contributed by atoms with Crippen molar-refractivity contribution >= 4 is 5.91 Å². The molecule has 4 nitrogen and oxygen atoms in total. The molecule has 2 fully saturated rings. The fourth-order valence-electron chi connectivity index (χ4n) is 1.76. The number of carbonyl (C=O) groups is 1. The van der Waals surface area contributed by atoms with Gasteiger partial charge in [-0.15, -0.1) is 0 Å². The molecule has 2 rings (SSSR count). The van der Waals surface area contributed by atoms with Crippen LogP contribution in [-0.2, 0) is 14.3 Å². The van der Waals surface area contributed by atoms with E-state index < -0.39 is 0 Å². The second kappa shape index (κ2) is 4.07. The smallest absolute Gasteiger partial charge is 0.251 e. The average molecular weight is 185 g/mol. The highest BCUT2D eigenvalue weighted by molar-refractivity contribution is 5.81. The van der Waals surface area contributed by atoms with E-state index in [9.17, 15) is 4.79 Å². The lowest BCUT2D eigenvalue weighted by Crippen LogP contribution is -2.45. The topological polar surface area (TPSA) is 38.8 Å². The summed E-state index contributed by atoms with van der Waals surface area (Å²) in [7, 11) is 0. The first kappa shape index (κ1) is 8.97. The zero-order chi connectivity index (χ0) is 9.10. The number of rotatable bonds is 1. The van der Waals surface area contributed by atoms with Crippen LogP contribution in [-0.4, -0.2) is 49.8 Å². The van der Waals surface area contributed by atoms with Gasteiger partial charge >= 0.3 is 0 Å². The van der Waals surface area contributed by atoms with Crippen molar-refractivity contribution in [3.63, 3.8) is 0 Å². The summed E-state index contributed by atoms with van der Waals surface area (Å²) < 4.78 is 10.5. The Morgan fingerprint density at radius 3 is 2.62 bits per heavy atom. The third-order valence-electron chi connectivity index (χ3n) is 2.53. The van der Waals surface area contributed by atoms with Gasteiger partial charge in [0.25, 0.3) is 5.91 Å². The molecule has 0 spiro atoms. The number of amides is 1. The van der Waals surface area contributed by atoms with Crippen LogP contribution in [0, 0.1) is 0 Å². The summed E-state index contributed by atoms with van der Waals surface area (Å²) in [6.45, 7) is 3.51. The Bertz CT molecular complexity index is 183. The lowest BCUT2D eigenvalue weighted by atomic mass is 10.2. The van der Waals surface area contributed by atoms with Gasteiger partial charge in [0.1, 0.15) is 6.10 Å². The van der Waals surface area contributed by atoms with Crippen LogP contribution >= 0.6 is 0 Å². The summed E-state index contributed by atoms with van der Waals surface area (Å²) >= 11 is 0. The van der Waals surface area contributed by atoms with E-state index >= 15 is 0 Å². The van der Waals surface area contributed by atoms with Gasteiger partial charge in [0.2, 0.25) is 0 Å². The van der Waals surface area contributed by atoms with Gasteiger partial charge < -0.3 is 14.4 Å². The van der Waals surface area contributed by atoms with Gasteiger partial charge in [0, 0.05) is 19.7 Å². The zero-order valence-electron chi connectivity index (χ0n) is 7.70. The number of hydrogen-bond acceptors (Lipinski definition) is 3. The highest BCUT2D eigenvalue weighted by Gasteiger charge is 2.28. The molecule has 0 saturated carbocycles. The second-order valence-electron chi connectivity index (χ2n) is 3.44. The predicted molar refractivity (Wildman–Crippen MR) is 46.4 cm³/mol. The molecule has 0 N–H and O–H groups in total. The Morgan fingerprint density at radius 1 is 1.23 bits per heavy atom. The molecule has 1 amide bonds. The molecule has 0 radical (unpaired) electrons. The Morgan fingerprint density at radius 2 is 2.00 bits per heavy atom. The van der Waals surface area contributed by atoms with Crippen molar-refractivity contribution in [2.45, 2.75) is 18.9 Å². The molecule has 74 valence electrons. The molecule has 1 unspecified atom stereocenters. The highest BCUT2D eigenvalue weighted by Crippen LogP contribution is 2.15. The van der Waals surface area contributed by atoms with E-state index in [1.807, 2.05) is 4.90 Å². The highest BCUT2D eigenvalue weighted by atomic mass is 16.5. The van der Waals surface area contributed by atoms with Gasteiger partial charge in [-0.25, -0.2) is 0 Å². The quantitative estimate of drug-likeness (QED) is 0.578. The largest absolute Gasteiger partial charge is 0.378 e. The monoisotopic (exact) mass is 185 g/mol. The SMILES string of the molecule is O=C(C1CCCO1)N1CCOCC1. The molecular formula is C9H15NO3. The van der Waals surface area contributed by atoms with Crippen molar-refractivity contribution in [2.75, 3.05) is 32.9 Å². The predicted octanol–water partition coefficient (Wildman–Crippen LogP) is 0.0242. The summed E-state index contributed by atoms with van der Waals surface area (Å²) in [5.74, 6) is 0.154. The molecular weight excluding hydrogens is 170 g/mol. The van der Waals surface area contributed by atoms with E-state index in [4.69, 9.17) is 9.47 Å². The minimum atomic E-state index is -0.168. The van der Waals surface area contributed by atoms with Crippen LogP contribution in [0.15, 0.2) is 0 Å². The van der Waals surface area contributed by atoms with Crippen LogP contribution in [0.1, 0.15) is 12.8 Å². The molecule has 13 heavy (non-hydrogen) atoms. The summed E-state index contributed by atoms with van der Waals surface area (Å²) in [5.41, 5.74) is 0. The van der Waals surface area contributed by atoms with Gasteiger partial charge in [0.15, 0.2) is 0 Å². The molecule has 0 aromatic rings. The van der Waals surface area contributed by atoms with E-state index in [0.717, 1.165) is 32.5 Å². The third-order valence-corrected chi connectivity index (χ3v) is 2.53. The van der Waals surface area contributed by atoms with Gasteiger partial charge in [-0.2, -0.15) is 0 Å². The molecule has 0 aromatic heterocycles. The fourth-order valence-corrected chi connectivity index (χ4v) is 1.76. The maximum absolute atomic E-state index is 11.7. The molecule has 4 heteroatoms. The summed E-state index contributed by atoms with van der Waals surface area (Å²) in [5, 5.41) is 0. The van der Waals surface area contributed by atoms with Crippen molar-refractivity contribution in [1.29, 1.82) is 0 Å². The van der Waals surface area contributed by atoms with Crippen LogP contribution in [0.4, 0.5) is 0 Å². The van der Waals surface area contributed by atoms with E-state index in [2.05, 4.69) is 0 Å². The molecule has 2 saturated heterocycles. The molecule has 2 aliphatic rings. The second-order valence-corrected chi connectivity index (χ2v) is 3.44. The van der Waals surface area contributed by atoms with Crippen molar-refractivity contribution < 1.29 is 14.3 Å². The minimum Gasteiger partial charge on any atom is -0.378 e. The molecule has 0 aromatic carbocycles. The molecule has 0 bridgehead atoms.